The van der Waals surface area contributed by atoms with Crippen molar-refractivity contribution in [1.82, 2.24) is 19.4 Å². The number of hydrogen-bond acceptors (Lipinski definition) is 4. The first-order valence-electron chi connectivity index (χ1n) is 8.76. The Labute approximate surface area is 137 Å². The number of para-hydroxylation sites is 2. The first-order chi connectivity index (χ1) is 11.2. The highest BCUT2D eigenvalue weighted by Crippen LogP contribution is 2.26. The Bertz CT molecular complexity index is 697. The van der Waals surface area contributed by atoms with Gasteiger partial charge in [-0.15, -0.1) is 0 Å². The molecule has 0 radical (unpaired) electrons. The van der Waals surface area contributed by atoms with E-state index >= 15 is 0 Å². The molecule has 5 heteroatoms. The maximum atomic E-state index is 9.92. The van der Waals surface area contributed by atoms with Gasteiger partial charge >= 0.3 is 0 Å². The Balaban J connectivity index is 1.58. The van der Waals surface area contributed by atoms with E-state index in [0.717, 1.165) is 50.5 Å². The molecule has 2 saturated heterocycles. The molecule has 3 atom stereocenters. The van der Waals surface area contributed by atoms with Gasteiger partial charge in [-0.2, -0.15) is 0 Å². The maximum absolute atomic E-state index is 9.92. The van der Waals surface area contributed by atoms with Gasteiger partial charge in [-0.1, -0.05) is 12.1 Å². The average Bonchev–Trinajstić information content (AvgIpc) is 3.06. The van der Waals surface area contributed by atoms with Crippen molar-refractivity contribution in [1.29, 1.82) is 0 Å². The number of aliphatic hydroxyl groups excluding tert-OH is 1. The van der Waals surface area contributed by atoms with E-state index in [1.54, 1.807) is 0 Å². The van der Waals surface area contributed by atoms with E-state index in [0.29, 0.717) is 12.1 Å². The van der Waals surface area contributed by atoms with Gasteiger partial charge in [0, 0.05) is 38.3 Å². The van der Waals surface area contributed by atoms with Crippen LogP contribution in [0.15, 0.2) is 24.3 Å². The molecule has 2 aliphatic rings. The van der Waals surface area contributed by atoms with E-state index < -0.39 is 0 Å². The predicted molar refractivity (Wildman–Crippen MR) is 91.3 cm³/mol. The molecule has 0 unspecified atom stereocenters. The fraction of sp³-hybridized carbons (Fsp3) is 0.611. The molecular formula is C18H26N4O. The van der Waals surface area contributed by atoms with Crippen molar-refractivity contribution in [2.75, 3.05) is 19.6 Å². The molecule has 2 aliphatic heterocycles. The van der Waals surface area contributed by atoms with E-state index in [1.165, 1.54) is 5.52 Å². The van der Waals surface area contributed by atoms with E-state index in [2.05, 4.69) is 52.5 Å². The van der Waals surface area contributed by atoms with Gasteiger partial charge in [0.25, 0.3) is 0 Å². The number of imidazole rings is 1. The zero-order valence-electron chi connectivity index (χ0n) is 14.0. The Kier molecular flexibility index (Phi) is 3.87. The molecule has 0 spiro atoms. The van der Waals surface area contributed by atoms with Crippen molar-refractivity contribution in [2.45, 2.75) is 51.5 Å². The molecule has 2 fully saturated rings. The van der Waals surface area contributed by atoms with Crippen LogP contribution in [-0.2, 0) is 13.1 Å². The number of rotatable bonds is 3. The summed E-state index contributed by atoms with van der Waals surface area (Å²) in [5.74, 6) is 1.16. The summed E-state index contributed by atoms with van der Waals surface area (Å²) in [4.78, 5) is 9.86. The van der Waals surface area contributed by atoms with Gasteiger partial charge in [0.2, 0.25) is 0 Å². The Morgan fingerprint density at radius 2 is 2.04 bits per heavy atom. The molecule has 23 heavy (non-hydrogen) atoms. The minimum atomic E-state index is -0.146. The third kappa shape index (κ3) is 2.67. The Morgan fingerprint density at radius 1 is 1.22 bits per heavy atom. The number of aromatic nitrogens is 2. The SMILES string of the molecule is CCn1c(CN2C[C@@H]3C[C@@H](O)CN3C[C@H]2C)nc2ccccc21. The molecule has 0 aliphatic carbocycles. The molecule has 1 N–H and O–H groups in total. The van der Waals surface area contributed by atoms with E-state index in [4.69, 9.17) is 4.98 Å². The van der Waals surface area contributed by atoms with Crippen molar-refractivity contribution in [3.8, 4) is 0 Å². The first-order valence-corrected chi connectivity index (χ1v) is 8.76. The third-order valence-electron chi connectivity index (χ3n) is 5.47. The fourth-order valence-electron chi connectivity index (χ4n) is 4.28. The number of benzene rings is 1. The second kappa shape index (κ2) is 5.89. The number of piperazine rings is 1. The monoisotopic (exact) mass is 314 g/mol. The van der Waals surface area contributed by atoms with Gasteiger partial charge in [0.1, 0.15) is 5.82 Å². The van der Waals surface area contributed by atoms with E-state index in [1.807, 2.05) is 0 Å². The smallest absolute Gasteiger partial charge is 0.124 e. The van der Waals surface area contributed by atoms with Crippen molar-refractivity contribution in [3.05, 3.63) is 30.1 Å². The van der Waals surface area contributed by atoms with Gasteiger partial charge in [0.05, 0.1) is 23.7 Å². The molecule has 124 valence electrons. The van der Waals surface area contributed by atoms with E-state index in [-0.39, 0.29) is 6.10 Å². The number of hydrogen-bond donors (Lipinski definition) is 1. The minimum absolute atomic E-state index is 0.146. The summed E-state index contributed by atoms with van der Waals surface area (Å²) in [6.07, 6.45) is 0.764. The van der Waals surface area contributed by atoms with Crippen LogP contribution in [0.2, 0.25) is 0 Å². The van der Waals surface area contributed by atoms with Gasteiger partial charge in [0.15, 0.2) is 0 Å². The summed E-state index contributed by atoms with van der Waals surface area (Å²) in [5.41, 5.74) is 2.32. The minimum Gasteiger partial charge on any atom is -0.392 e. The van der Waals surface area contributed by atoms with Crippen LogP contribution in [0.1, 0.15) is 26.1 Å². The molecule has 2 aromatic rings. The third-order valence-corrected chi connectivity index (χ3v) is 5.47. The normalized spacial score (nSPS) is 29.3. The van der Waals surface area contributed by atoms with Gasteiger partial charge in [-0.25, -0.2) is 4.98 Å². The lowest BCUT2D eigenvalue weighted by atomic mass is 10.1. The molecule has 1 aromatic carbocycles. The number of fused-ring (bicyclic) bond motifs is 2. The highest BCUT2D eigenvalue weighted by molar-refractivity contribution is 5.75. The molecular weight excluding hydrogens is 288 g/mol. The van der Waals surface area contributed by atoms with Crippen LogP contribution in [0.4, 0.5) is 0 Å². The summed E-state index contributed by atoms with van der Waals surface area (Å²) < 4.78 is 2.33. The first kappa shape index (κ1) is 15.1. The maximum Gasteiger partial charge on any atom is 0.124 e. The quantitative estimate of drug-likeness (QED) is 0.936. The second-order valence-electron chi connectivity index (χ2n) is 7.04. The summed E-state index contributed by atoms with van der Waals surface area (Å²) in [6, 6.07) is 9.40. The highest BCUT2D eigenvalue weighted by atomic mass is 16.3. The van der Waals surface area contributed by atoms with Crippen LogP contribution < -0.4 is 0 Å². The Hall–Kier alpha value is -1.43. The zero-order chi connectivity index (χ0) is 16.0. The lowest BCUT2D eigenvalue weighted by molar-refractivity contribution is 0.0505. The number of nitrogens with zero attached hydrogens (tertiary/aromatic N) is 4. The van der Waals surface area contributed by atoms with Crippen LogP contribution in [0.25, 0.3) is 11.0 Å². The lowest BCUT2D eigenvalue weighted by Crippen LogP contribution is -2.54. The van der Waals surface area contributed by atoms with Crippen molar-refractivity contribution in [2.24, 2.45) is 0 Å². The number of aliphatic hydroxyl groups is 1. The largest absolute Gasteiger partial charge is 0.392 e. The molecule has 1 aromatic heterocycles. The Morgan fingerprint density at radius 3 is 2.87 bits per heavy atom. The average molecular weight is 314 g/mol. The summed E-state index contributed by atoms with van der Waals surface area (Å²) in [5, 5.41) is 9.92. The molecule has 3 heterocycles. The van der Waals surface area contributed by atoms with Crippen molar-refractivity contribution >= 4 is 11.0 Å². The summed E-state index contributed by atoms with van der Waals surface area (Å²) >= 11 is 0. The van der Waals surface area contributed by atoms with Gasteiger partial charge in [-0.3, -0.25) is 9.80 Å². The highest BCUT2D eigenvalue weighted by Gasteiger charge is 2.38. The second-order valence-corrected chi connectivity index (χ2v) is 7.04. The number of aryl methyl sites for hydroxylation is 1. The van der Waals surface area contributed by atoms with Crippen LogP contribution >= 0.6 is 0 Å². The molecule has 0 saturated carbocycles. The van der Waals surface area contributed by atoms with E-state index in [9.17, 15) is 5.11 Å². The van der Waals surface area contributed by atoms with Crippen molar-refractivity contribution in [3.63, 3.8) is 0 Å². The van der Waals surface area contributed by atoms with Crippen LogP contribution in [0, 0.1) is 0 Å². The fourth-order valence-corrected chi connectivity index (χ4v) is 4.28. The van der Waals surface area contributed by atoms with Crippen LogP contribution in [-0.4, -0.2) is 62.3 Å². The molecule has 4 rings (SSSR count). The van der Waals surface area contributed by atoms with Gasteiger partial charge < -0.3 is 9.67 Å². The molecule has 0 bridgehead atoms. The van der Waals surface area contributed by atoms with Crippen molar-refractivity contribution < 1.29 is 5.11 Å². The summed E-state index contributed by atoms with van der Waals surface area (Å²) in [6.45, 7) is 9.25. The van der Waals surface area contributed by atoms with Gasteiger partial charge in [-0.05, 0) is 32.4 Å². The lowest BCUT2D eigenvalue weighted by Gasteiger charge is -2.41. The topological polar surface area (TPSA) is 44.5 Å². The van der Waals surface area contributed by atoms with Crippen LogP contribution in [0.3, 0.4) is 0 Å². The van der Waals surface area contributed by atoms with Crippen LogP contribution in [0.5, 0.6) is 0 Å². The zero-order valence-corrected chi connectivity index (χ0v) is 14.0. The molecule has 5 nitrogen and oxygen atoms in total. The summed E-state index contributed by atoms with van der Waals surface area (Å²) in [7, 11) is 0. The molecule has 0 amide bonds. The predicted octanol–water partition coefficient (Wildman–Crippen LogP) is 1.70. The standard InChI is InChI=1S/C18H26N4O/c1-3-22-17-7-5-4-6-16(17)19-18(22)12-20-10-14-8-15(23)11-21(14)9-13(20)2/h4-7,13-15,23H,3,8-12H2,1-2H3/t13-,14+,15-/m1/s1.